The molecule has 1 aromatic carbocycles. The molecular formula is C14H13N3O3S. The van der Waals surface area contributed by atoms with Gasteiger partial charge in [-0.2, -0.15) is 0 Å². The van der Waals surface area contributed by atoms with Crippen molar-refractivity contribution in [1.82, 2.24) is 4.98 Å². The van der Waals surface area contributed by atoms with Crippen molar-refractivity contribution in [2.24, 2.45) is 0 Å². The van der Waals surface area contributed by atoms with E-state index in [0.29, 0.717) is 16.3 Å². The molecule has 2 aromatic rings. The Hall–Kier alpha value is -2.41. The standard InChI is InChI=1S/C14H13N3O3S/c1-9-5-6-10(17(19)20)8-12(9)16-13(18)11-4-3-7-15-14(11)21-2/h3-8H,1-2H3,(H,16,18). The lowest BCUT2D eigenvalue weighted by atomic mass is 10.1. The zero-order valence-corrected chi connectivity index (χ0v) is 12.3. The minimum Gasteiger partial charge on any atom is -0.321 e. The first-order valence-electron chi connectivity index (χ1n) is 6.08. The summed E-state index contributed by atoms with van der Waals surface area (Å²) >= 11 is 1.37. The summed E-state index contributed by atoms with van der Waals surface area (Å²) in [7, 11) is 0. The highest BCUT2D eigenvalue weighted by molar-refractivity contribution is 7.98. The van der Waals surface area contributed by atoms with Crippen molar-refractivity contribution in [1.29, 1.82) is 0 Å². The van der Waals surface area contributed by atoms with Crippen molar-refractivity contribution in [2.45, 2.75) is 11.9 Å². The van der Waals surface area contributed by atoms with Crippen LogP contribution in [0, 0.1) is 17.0 Å². The van der Waals surface area contributed by atoms with E-state index in [1.54, 1.807) is 31.3 Å². The number of hydrogen-bond donors (Lipinski definition) is 1. The fourth-order valence-electron chi connectivity index (χ4n) is 1.77. The average molecular weight is 303 g/mol. The van der Waals surface area contributed by atoms with E-state index < -0.39 is 4.92 Å². The predicted octanol–water partition coefficient (Wildman–Crippen LogP) is 3.27. The van der Waals surface area contributed by atoms with Gasteiger partial charge in [0, 0.05) is 18.3 Å². The largest absolute Gasteiger partial charge is 0.321 e. The number of anilines is 1. The molecule has 0 aliphatic carbocycles. The Morgan fingerprint density at radius 2 is 2.14 bits per heavy atom. The van der Waals surface area contributed by atoms with Crippen molar-refractivity contribution in [2.75, 3.05) is 11.6 Å². The van der Waals surface area contributed by atoms with Crippen LogP contribution >= 0.6 is 11.8 Å². The van der Waals surface area contributed by atoms with Crippen LogP contribution in [0.15, 0.2) is 41.6 Å². The van der Waals surface area contributed by atoms with Crippen LogP contribution in [0.4, 0.5) is 11.4 Å². The number of benzene rings is 1. The van der Waals surface area contributed by atoms with Gasteiger partial charge in [0.1, 0.15) is 5.03 Å². The van der Waals surface area contributed by atoms with Crippen molar-refractivity contribution in [3.8, 4) is 0 Å². The zero-order valence-electron chi connectivity index (χ0n) is 11.5. The number of carbonyl (C=O) groups is 1. The minimum atomic E-state index is -0.494. The maximum absolute atomic E-state index is 12.3. The van der Waals surface area contributed by atoms with Gasteiger partial charge in [0.05, 0.1) is 16.2 Å². The van der Waals surface area contributed by atoms with Gasteiger partial charge in [0.2, 0.25) is 0 Å². The Labute approximate surface area is 125 Å². The Kier molecular flexibility index (Phi) is 4.54. The van der Waals surface area contributed by atoms with Crippen LogP contribution in [-0.2, 0) is 0 Å². The SMILES string of the molecule is CSc1ncccc1C(=O)Nc1cc([N+](=O)[O-])ccc1C. The molecule has 0 atom stereocenters. The van der Waals surface area contributed by atoms with E-state index in [2.05, 4.69) is 10.3 Å². The van der Waals surface area contributed by atoms with E-state index in [-0.39, 0.29) is 11.6 Å². The summed E-state index contributed by atoms with van der Waals surface area (Å²) in [5.41, 5.74) is 1.55. The quantitative estimate of drug-likeness (QED) is 0.532. The Bertz CT molecular complexity index is 704. The fraction of sp³-hybridized carbons (Fsp3) is 0.143. The molecule has 1 N–H and O–H groups in total. The molecule has 0 fully saturated rings. The van der Waals surface area contributed by atoms with E-state index in [4.69, 9.17) is 0 Å². The molecule has 108 valence electrons. The highest BCUT2D eigenvalue weighted by Gasteiger charge is 2.15. The summed E-state index contributed by atoms with van der Waals surface area (Å²) in [4.78, 5) is 26.7. The molecule has 0 unspecified atom stereocenters. The molecule has 1 amide bonds. The Morgan fingerprint density at radius 3 is 2.81 bits per heavy atom. The van der Waals surface area contributed by atoms with E-state index in [0.717, 1.165) is 5.56 Å². The van der Waals surface area contributed by atoms with Gasteiger partial charge in [0.15, 0.2) is 0 Å². The second-order valence-corrected chi connectivity index (χ2v) is 5.07. The summed E-state index contributed by atoms with van der Waals surface area (Å²) in [5, 5.41) is 14.1. The third-order valence-electron chi connectivity index (χ3n) is 2.89. The summed E-state index contributed by atoms with van der Waals surface area (Å²) in [5.74, 6) is -0.337. The molecule has 6 nitrogen and oxygen atoms in total. The first kappa shape index (κ1) is 15.0. The second kappa shape index (κ2) is 6.36. The van der Waals surface area contributed by atoms with Crippen molar-refractivity contribution in [3.63, 3.8) is 0 Å². The van der Waals surface area contributed by atoms with E-state index in [1.165, 1.54) is 23.9 Å². The Morgan fingerprint density at radius 1 is 1.38 bits per heavy atom. The number of non-ortho nitro benzene ring substituents is 1. The van der Waals surface area contributed by atoms with Crippen LogP contribution in [0.2, 0.25) is 0 Å². The number of nitro groups is 1. The Balaban J connectivity index is 2.31. The average Bonchev–Trinajstić information content (AvgIpc) is 2.49. The number of aromatic nitrogens is 1. The second-order valence-electron chi connectivity index (χ2n) is 4.27. The number of aryl methyl sites for hydroxylation is 1. The molecule has 0 saturated heterocycles. The van der Waals surface area contributed by atoms with Crippen LogP contribution in [0.25, 0.3) is 0 Å². The number of rotatable bonds is 4. The van der Waals surface area contributed by atoms with Crippen molar-refractivity contribution < 1.29 is 9.72 Å². The molecule has 1 aromatic heterocycles. The lowest BCUT2D eigenvalue weighted by Gasteiger charge is -2.10. The molecule has 0 bridgehead atoms. The fourth-order valence-corrected chi connectivity index (χ4v) is 2.32. The van der Waals surface area contributed by atoms with Crippen LogP contribution in [0.1, 0.15) is 15.9 Å². The number of pyridine rings is 1. The monoisotopic (exact) mass is 303 g/mol. The molecule has 0 aliphatic heterocycles. The molecule has 0 radical (unpaired) electrons. The molecular weight excluding hydrogens is 290 g/mol. The molecule has 2 rings (SSSR count). The normalized spacial score (nSPS) is 10.2. The number of carbonyl (C=O) groups excluding carboxylic acids is 1. The summed E-state index contributed by atoms with van der Waals surface area (Å²) in [6.07, 6.45) is 3.44. The molecule has 0 aliphatic rings. The first-order chi connectivity index (χ1) is 10.0. The van der Waals surface area contributed by atoms with Gasteiger partial charge in [-0.05, 0) is 30.9 Å². The predicted molar refractivity (Wildman–Crippen MR) is 81.8 cm³/mol. The van der Waals surface area contributed by atoms with Crippen molar-refractivity contribution in [3.05, 3.63) is 57.8 Å². The van der Waals surface area contributed by atoms with Gasteiger partial charge in [0.25, 0.3) is 11.6 Å². The summed E-state index contributed by atoms with van der Waals surface area (Å²) < 4.78 is 0. The van der Waals surface area contributed by atoms with Crippen LogP contribution < -0.4 is 5.32 Å². The number of amides is 1. The van der Waals surface area contributed by atoms with Crippen LogP contribution in [0.5, 0.6) is 0 Å². The van der Waals surface area contributed by atoms with Gasteiger partial charge in [-0.3, -0.25) is 14.9 Å². The molecule has 7 heteroatoms. The van der Waals surface area contributed by atoms with E-state index in [9.17, 15) is 14.9 Å². The number of hydrogen-bond acceptors (Lipinski definition) is 5. The lowest BCUT2D eigenvalue weighted by Crippen LogP contribution is -2.14. The number of nitro benzene ring substituents is 1. The van der Waals surface area contributed by atoms with Crippen LogP contribution in [0.3, 0.4) is 0 Å². The van der Waals surface area contributed by atoms with Gasteiger partial charge in [-0.25, -0.2) is 4.98 Å². The molecule has 0 saturated carbocycles. The lowest BCUT2D eigenvalue weighted by molar-refractivity contribution is -0.384. The topological polar surface area (TPSA) is 85.1 Å². The summed E-state index contributed by atoms with van der Waals surface area (Å²) in [6, 6.07) is 7.70. The first-order valence-corrected chi connectivity index (χ1v) is 7.31. The molecule has 0 spiro atoms. The van der Waals surface area contributed by atoms with Gasteiger partial charge in [-0.1, -0.05) is 6.07 Å². The van der Waals surface area contributed by atoms with E-state index >= 15 is 0 Å². The van der Waals surface area contributed by atoms with E-state index in [1.807, 2.05) is 6.26 Å². The highest BCUT2D eigenvalue weighted by Crippen LogP contribution is 2.24. The van der Waals surface area contributed by atoms with Gasteiger partial charge in [-0.15, -0.1) is 11.8 Å². The highest BCUT2D eigenvalue weighted by atomic mass is 32.2. The maximum Gasteiger partial charge on any atom is 0.271 e. The van der Waals surface area contributed by atoms with Crippen molar-refractivity contribution >= 4 is 29.0 Å². The number of nitrogens with zero attached hydrogens (tertiary/aromatic N) is 2. The number of thioether (sulfide) groups is 1. The smallest absolute Gasteiger partial charge is 0.271 e. The zero-order chi connectivity index (χ0) is 15.4. The van der Waals surface area contributed by atoms with Gasteiger partial charge >= 0.3 is 0 Å². The third kappa shape index (κ3) is 3.38. The molecule has 21 heavy (non-hydrogen) atoms. The molecule has 1 heterocycles. The van der Waals surface area contributed by atoms with Gasteiger partial charge < -0.3 is 5.32 Å². The third-order valence-corrected chi connectivity index (χ3v) is 3.60. The maximum atomic E-state index is 12.3. The van der Waals surface area contributed by atoms with Crippen LogP contribution in [-0.4, -0.2) is 22.1 Å². The number of nitrogens with one attached hydrogen (secondary N) is 1. The minimum absolute atomic E-state index is 0.0628. The summed E-state index contributed by atoms with van der Waals surface area (Å²) in [6.45, 7) is 1.78.